The number of rotatable bonds is 6. The van der Waals surface area contributed by atoms with Gasteiger partial charge in [-0.25, -0.2) is 4.98 Å². The number of aromatic nitrogens is 2. The van der Waals surface area contributed by atoms with E-state index in [1.165, 1.54) is 22.2 Å². The maximum atomic E-state index is 5.07. The van der Waals surface area contributed by atoms with Crippen LogP contribution in [0.3, 0.4) is 0 Å². The van der Waals surface area contributed by atoms with Gasteiger partial charge in [0.25, 0.3) is 0 Å². The normalized spacial score (nSPS) is 13.7. The lowest BCUT2D eigenvalue weighted by Gasteiger charge is -2.21. The lowest BCUT2D eigenvalue weighted by atomic mass is 9.96. The van der Waals surface area contributed by atoms with E-state index in [2.05, 4.69) is 111 Å². The molecule has 2 heteroatoms. The van der Waals surface area contributed by atoms with Crippen LogP contribution in [-0.2, 0) is 6.42 Å². The Bertz CT molecular complexity index is 1070. The van der Waals surface area contributed by atoms with Gasteiger partial charge in [-0.1, -0.05) is 87.5 Å². The molecule has 0 amide bonds. The van der Waals surface area contributed by atoms with Crippen molar-refractivity contribution < 1.29 is 0 Å². The van der Waals surface area contributed by atoms with E-state index >= 15 is 0 Å². The van der Waals surface area contributed by atoms with Gasteiger partial charge in [0.1, 0.15) is 5.82 Å². The third-order valence-electron chi connectivity index (χ3n) is 5.80. The standard InChI is InChI=1S/C27H30N2/c1-19(2)18-22-14-16-23(17-15-22)20(3)27-28-25-12-8-9-13-26(25)29(27)21(4)24-10-6-5-7-11-24/h5-17,19-21H,18H2,1-4H3/t20-,21-/m1/s1. The molecule has 2 nitrogen and oxygen atoms in total. The van der Waals surface area contributed by atoms with Crippen molar-refractivity contribution in [3.05, 3.63) is 101 Å². The van der Waals surface area contributed by atoms with Gasteiger partial charge >= 0.3 is 0 Å². The Hall–Kier alpha value is -2.87. The Labute approximate surface area is 174 Å². The average Bonchev–Trinajstić information content (AvgIpc) is 3.13. The zero-order valence-electron chi connectivity index (χ0n) is 17.8. The van der Waals surface area contributed by atoms with Crippen molar-refractivity contribution in [2.75, 3.05) is 0 Å². The van der Waals surface area contributed by atoms with E-state index in [1.807, 2.05) is 0 Å². The Morgan fingerprint density at radius 2 is 1.38 bits per heavy atom. The van der Waals surface area contributed by atoms with Gasteiger partial charge in [0.05, 0.1) is 17.1 Å². The molecule has 0 N–H and O–H groups in total. The van der Waals surface area contributed by atoms with Gasteiger partial charge < -0.3 is 4.57 Å². The van der Waals surface area contributed by atoms with Crippen LogP contribution in [0.2, 0.25) is 0 Å². The van der Waals surface area contributed by atoms with E-state index in [9.17, 15) is 0 Å². The molecule has 148 valence electrons. The fourth-order valence-corrected chi connectivity index (χ4v) is 4.22. The highest BCUT2D eigenvalue weighted by Crippen LogP contribution is 2.32. The highest BCUT2D eigenvalue weighted by Gasteiger charge is 2.22. The topological polar surface area (TPSA) is 17.8 Å². The Kier molecular flexibility index (Phi) is 5.53. The van der Waals surface area contributed by atoms with E-state index in [4.69, 9.17) is 4.98 Å². The second kappa shape index (κ2) is 8.24. The first-order valence-corrected chi connectivity index (χ1v) is 10.6. The van der Waals surface area contributed by atoms with Crippen LogP contribution in [0.15, 0.2) is 78.9 Å². The number of hydrogen-bond donors (Lipinski definition) is 0. The maximum absolute atomic E-state index is 5.07. The Morgan fingerprint density at radius 1 is 0.724 bits per heavy atom. The molecule has 0 spiro atoms. The van der Waals surface area contributed by atoms with Crippen molar-refractivity contribution >= 4 is 11.0 Å². The fourth-order valence-electron chi connectivity index (χ4n) is 4.22. The monoisotopic (exact) mass is 382 g/mol. The zero-order valence-corrected chi connectivity index (χ0v) is 17.8. The van der Waals surface area contributed by atoms with Crippen LogP contribution < -0.4 is 0 Å². The first-order chi connectivity index (χ1) is 14.0. The first-order valence-electron chi connectivity index (χ1n) is 10.6. The number of fused-ring (bicyclic) bond motifs is 1. The van der Waals surface area contributed by atoms with Gasteiger partial charge in [0.15, 0.2) is 0 Å². The largest absolute Gasteiger partial charge is 0.320 e. The van der Waals surface area contributed by atoms with Crippen LogP contribution >= 0.6 is 0 Å². The summed E-state index contributed by atoms with van der Waals surface area (Å²) in [5, 5.41) is 0. The van der Waals surface area contributed by atoms with Crippen molar-refractivity contribution in [1.29, 1.82) is 0 Å². The molecule has 29 heavy (non-hydrogen) atoms. The summed E-state index contributed by atoms with van der Waals surface area (Å²) in [6, 6.07) is 28.5. The van der Waals surface area contributed by atoms with Gasteiger partial charge in [-0.2, -0.15) is 0 Å². The Balaban J connectivity index is 1.77. The fraction of sp³-hybridized carbons (Fsp3) is 0.296. The molecule has 0 bridgehead atoms. The number of hydrogen-bond acceptors (Lipinski definition) is 1. The predicted octanol–water partition coefficient (Wildman–Crippen LogP) is 7.00. The minimum Gasteiger partial charge on any atom is -0.320 e. The van der Waals surface area contributed by atoms with E-state index < -0.39 is 0 Å². The average molecular weight is 383 g/mol. The van der Waals surface area contributed by atoms with Crippen LogP contribution in [0.5, 0.6) is 0 Å². The zero-order chi connectivity index (χ0) is 20.4. The van der Waals surface area contributed by atoms with E-state index in [1.54, 1.807) is 0 Å². The molecule has 4 aromatic rings. The van der Waals surface area contributed by atoms with Crippen molar-refractivity contribution in [2.45, 2.75) is 46.1 Å². The summed E-state index contributed by atoms with van der Waals surface area (Å²) in [4.78, 5) is 5.07. The third kappa shape index (κ3) is 3.98. The molecule has 0 unspecified atom stereocenters. The van der Waals surface area contributed by atoms with Crippen molar-refractivity contribution in [3.63, 3.8) is 0 Å². The lowest BCUT2D eigenvalue weighted by molar-refractivity contribution is 0.603. The van der Waals surface area contributed by atoms with Crippen LogP contribution in [0.4, 0.5) is 0 Å². The first kappa shape index (κ1) is 19.4. The summed E-state index contributed by atoms with van der Waals surface area (Å²) in [5.74, 6) is 2.02. The quantitative estimate of drug-likeness (QED) is 0.351. The smallest absolute Gasteiger partial charge is 0.117 e. The molecule has 1 aromatic heterocycles. The summed E-state index contributed by atoms with van der Waals surface area (Å²) in [6.45, 7) is 9.08. The minimum atomic E-state index is 0.223. The van der Waals surface area contributed by atoms with E-state index in [0.717, 1.165) is 17.8 Å². The second-order valence-electron chi connectivity index (χ2n) is 8.48. The minimum absolute atomic E-state index is 0.223. The molecule has 0 saturated heterocycles. The van der Waals surface area contributed by atoms with Gasteiger partial charge in [0, 0.05) is 5.92 Å². The highest BCUT2D eigenvalue weighted by atomic mass is 15.1. The molecule has 2 atom stereocenters. The van der Waals surface area contributed by atoms with Crippen molar-refractivity contribution in [1.82, 2.24) is 9.55 Å². The SMILES string of the molecule is CC(C)Cc1ccc([C@@H](C)c2nc3ccccc3n2[C@H](C)c2ccccc2)cc1. The number of imidazole rings is 1. The van der Waals surface area contributed by atoms with Crippen LogP contribution in [0.1, 0.15) is 62.2 Å². The molecule has 4 rings (SSSR count). The Morgan fingerprint density at radius 3 is 2.07 bits per heavy atom. The second-order valence-corrected chi connectivity index (χ2v) is 8.48. The van der Waals surface area contributed by atoms with Gasteiger partial charge in [0.2, 0.25) is 0 Å². The van der Waals surface area contributed by atoms with Crippen LogP contribution in [0.25, 0.3) is 11.0 Å². The van der Waals surface area contributed by atoms with Gasteiger partial charge in [-0.3, -0.25) is 0 Å². The number of para-hydroxylation sites is 2. The van der Waals surface area contributed by atoms with E-state index in [-0.39, 0.29) is 12.0 Å². The summed E-state index contributed by atoms with van der Waals surface area (Å²) < 4.78 is 2.41. The molecule has 0 radical (unpaired) electrons. The molecule has 0 aliphatic heterocycles. The molecule has 0 saturated carbocycles. The van der Waals surface area contributed by atoms with Gasteiger partial charge in [-0.15, -0.1) is 0 Å². The predicted molar refractivity (Wildman–Crippen MR) is 122 cm³/mol. The molecule has 0 aliphatic rings. The number of benzene rings is 3. The van der Waals surface area contributed by atoms with Gasteiger partial charge in [-0.05, 0) is 48.1 Å². The van der Waals surface area contributed by atoms with Crippen molar-refractivity contribution in [3.8, 4) is 0 Å². The summed E-state index contributed by atoms with van der Waals surface area (Å²) in [7, 11) is 0. The van der Waals surface area contributed by atoms with Crippen LogP contribution in [0, 0.1) is 5.92 Å². The number of nitrogens with zero attached hydrogens (tertiary/aromatic N) is 2. The molecule has 0 fully saturated rings. The molecular weight excluding hydrogens is 352 g/mol. The summed E-state index contributed by atoms with van der Waals surface area (Å²) in [6.07, 6.45) is 1.12. The van der Waals surface area contributed by atoms with Crippen molar-refractivity contribution in [2.24, 2.45) is 5.92 Å². The summed E-state index contributed by atoms with van der Waals surface area (Å²) in [5.41, 5.74) is 6.28. The lowest BCUT2D eigenvalue weighted by Crippen LogP contribution is -2.13. The highest BCUT2D eigenvalue weighted by molar-refractivity contribution is 5.76. The van der Waals surface area contributed by atoms with E-state index in [0.29, 0.717) is 5.92 Å². The molecular formula is C27H30N2. The third-order valence-corrected chi connectivity index (χ3v) is 5.80. The molecule has 1 heterocycles. The maximum Gasteiger partial charge on any atom is 0.117 e. The molecule has 0 aliphatic carbocycles. The van der Waals surface area contributed by atoms with Crippen LogP contribution in [-0.4, -0.2) is 9.55 Å². The molecule has 3 aromatic carbocycles. The summed E-state index contributed by atoms with van der Waals surface area (Å²) >= 11 is 0.